The summed E-state index contributed by atoms with van der Waals surface area (Å²) in [7, 11) is 1.67. The summed E-state index contributed by atoms with van der Waals surface area (Å²) in [4.78, 5) is 15.5. The quantitative estimate of drug-likeness (QED) is 0.354. The molecule has 2 unspecified atom stereocenters. The average molecular weight is 189 g/mol. The Morgan fingerprint density at radius 1 is 1.77 bits per heavy atom. The molecule has 0 amide bonds. The first-order chi connectivity index (χ1) is 6.16. The highest BCUT2D eigenvalue weighted by Gasteiger charge is 2.59. The number of carboxylic acids is 1. The Labute approximate surface area is 77.0 Å². The Morgan fingerprint density at radius 2 is 2.46 bits per heavy atom. The molecular weight excluding hydrogens is 174 g/mol. The summed E-state index contributed by atoms with van der Waals surface area (Å²) in [5.41, 5.74) is 2.05. The molecule has 0 saturated carbocycles. The van der Waals surface area contributed by atoms with E-state index in [4.69, 9.17) is 14.7 Å². The van der Waals surface area contributed by atoms with Gasteiger partial charge in [-0.1, -0.05) is 6.92 Å². The monoisotopic (exact) mass is 189 g/mol. The fraction of sp³-hybridized carbons (Fsp3) is 0.875. The summed E-state index contributed by atoms with van der Waals surface area (Å²) in [5, 5.41) is 8.70. The first-order valence-corrected chi connectivity index (χ1v) is 4.35. The second kappa shape index (κ2) is 4.04. The molecule has 0 radical (unpaired) electrons. The van der Waals surface area contributed by atoms with E-state index in [0.717, 1.165) is 0 Å². The van der Waals surface area contributed by atoms with Crippen LogP contribution in [0.2, 0.25) is 0 Å². The highest BCUT2D eigenvalue weighted by Crippen LogP contribution is 2.42. The fourth-order valence-corrected chi connectivity index (χ4v) is 1.44. The Morgan fingerprint density at radius 3 is 2.85 bits per heavy atom. The van der Waals surface area contributed by atoms with Crippen molar-refractivity contribution in [2.45, 2.75) is 31.5 Å². The van der Waals surface area contributed by atoms with Crippen molar-refractivity contribution in [1.82, 2.24) is 5.48 Å². The van der Waals surface area contributed by atoms with Gasteiger partial charge in [-0.3, -0.25) is 0 Å². The molecule has 0 aromatic rings. The van der Waals surface area contributed by atoms with Crippen molar-refractivity contribution >= 4 is 5.97 Å². The van der Waals surface area contributed by atoms with E-state index in [2.05, 4.69) is 5.48 Å². The van der Waals surface area contributed by atoms with Crippen LogP contribution in [-0.2, 0) is 14.4 Å². The van der Waals surface area contributed by atoms with Crippen LogP contribution in [0, 0.1) is 0 Å². The summed E-state index contributed by atoms with van der Waals surface area (Å²) < 4.78 is 5.15. The largest absolute Gasteiger partial charge is 0.479 e. The number of hydrogen-bond donors (Lipinski definition) is 2. The third kappa shape index (κ3) is 2.18. The Hall–Kier alpha value is -0.650. The number of epoxide rings is 1. The van der Waals surface area contributed by atoms with Crippen LogP contribution in [0.5, 0.6) is 0 Å². The highest BCUT2D eigenvalue weighted by atomic mass is 16.7. The molecule has 5 nitrogen and oxygen atoms in total. The SMILES string of the molecule is CCC1(CCONC)OC1C(=O)O. The van der Waals surface area contributed by atoms with E-state index in [-0.39, 0.29) is 0 Å². The lowest BCUT2D eigenvalue weighted by molar-refractivity contribution is -0.138. The molecule has 2 atom stereocenters. The lowest BCUT2D eigenvalue weighted by Crippen LogP contribution is -2.23. The van der Waals surface area contributed by atoms with Gasteiger partial charge >= 0.3 is 5.97 Å². The van der Waals surface area contributed by atoms with Gasteiger partial charge in [-0.2, -0.15) is 0 Å². The first-order valence-electron chi connectivity index (χ1n) is 4.35. The second-order valence-corrected chi connectivity index (χ2v) is 3.06. The normalized spacial score (nSPS) is 31.7. The maximum Gasteiger partial charge on any atom is 0.335 e. The number of hydroxylamine groups is 1. The number of hydrogen-bond acceptors (Lipinski definition) is 4. The zero-order valence-electron chi connectivity index (χ0n) is 7.87. The van der Waals surface area contributed by atoms with E-state index in [1.165, 1.54) is 0 Å². The maximum atomic E-state index is 10.6. The molecule has 1 rings (SSSR count). The van der Waals surface area contributed by atoms with E-state index in [1.54, 1.807) is 7.05 Å². The number of carbonyl (C=O) groups is 1. The summed E-state index contributed by atoms with van der Waals surface area (Å²) in [6, 6.07) is 0. The van der Waals surface area contributed by atoms with Gasteiger partial charge in [-0.05, 0) is 6.42 Å². The van der Waals surface area contributed by atoms with Crippen LogP contribution < -0.4 is 5.48 Å². The van der Waals surface area contributed by atoms with Crippen LogP contribution in [0.4, 0.5) is 0 Å². The Bertz CT molecular complexity index is 197. The average Bonchev–Trinajstić information content (AvgIpc) is 2.81. The molecule has 76 valence electrons. The fourth-order valence-electron chi connectivity index (χ4n) is 1.44. The number of ether oxygens (including phenoxy) is 1. The van der Waals surface area contributed by atoms with E-state index < -0.39 is 17.7 Å². The van der Waals surface area contributed by atoms with Gasteiger partial charge in [0.15, 0.2) is 6.10 Å². The first kappa shape index (κ1) is 10.4. The van der Waals surface area contributed by atoms with Gasteiger partial charge < -0.3 is 14.7 Å². The minimum absolute atomic E-state index is 0.466. The molecule has 1 aliphatic heterocycles. The maximum absolute atomic E-state index is 10.6. The third-order valence-electron chi connectivity index (χ3n) is 2.37. The summed E-state index contributed by atoms with van der Waals surface area (Å²) in [6.07, 6.45) is 0.677. The number of nitrogens with one attached hydrogen (secondary N) is 1. The minimum Gasteiger partial charge on any atom is -0.479 e. The van der Waals surface area contributed by atoms with Crippen molar-refractivity contribution in [2.24, 2.45) is 0 Å². The number of aliphatic carboxylic acids is 1. The topological polar surface area (TPSA) is 71.1 Å². The van der Waals surface area contributed by atoms with Gasteiger partial charge in [0.2, 0.25) is 0 Å². The minimum atomic E-state index is -0.883. The third-order valence-corrected chi connectivity index (χ3v) is 2.37. The Kier molecular flexibility index (Phi) is 3.24. The van der Waals surface area contributed by atoms with Crippen LogP contribution >= 0.6 is 0 Å². The molecule has 1 saturated heterocycles. The molecule has 5 heteroatoms. The summed E-state index contributed by atoms with van der Waals surface area (Å²) >= 11 is 0. The van der Waals surface area contributed by atoms with E-state index >= 15 is 0 Å². The molecule has 0 aromatic heterocycles. The van der Waals surface area contributed by atoms with Gasteiger partial charge in [-0.15, -0.1) is 0 Å². The van der Waals surface area contributed by atoms with Gasteiger partial charge in [0.05, 0.1) is 6.61 Å². The molecule has 1 aliphatic rings. The van der Waals surface area contributed by atoms with Crippen LogP contribution in [0.15, 0.2) is 0 Å². The van der Waals surface area contributed by atoms with E-state index in [0.29, 0.717) is 19.4 Å². The van der Waals surface area contributed by atoms with Crippen molar-refractivity contribution < 1.29 is 19.5 Å². The molecule has 0 aliphatic carbocycles. The molecule has 2 N–H and O–H groups in total. The second-order valence-electron chi connectivity index (χ2n) is 3.06. The smallest absolute Gasteiger partial charge is 0.335 e. The van der Waals surface area contributed by atoms with Crippen molar-refractivity contribution in [3.05, 3.63) is 0 Å². The molecule has 0 aromatic carbocycles. The van der Waals surface area contributed by atoms with Crippen molar-refractivity contribution in [2.75, 3.05) is 13.7 Å². The molecule has 0 spiro atoms. The number of rotatable bonds is 6. The van der Waals surface area contributed by atoms with Crippen molar-refractivity contribution in [3.63, 3.8) is 0 Å². The Balaban J connectivity index is 2.33. The molecular formula is C8H15NO4. The predicted molar refractivity (Wildman–Crippen MR) is 45.2 cm³/mol. The van der Waals surface area contributed by atoms with Gasteiger partial charge in [-0.25, -0.2) is 10.3 Å². The molecule has 1 fully saturated rings. The van der Waals surface area contributed by atoms with E-state index in [9.17, 15) is 4.79 Å². The summed E-state index contributed by atoms with van der Waals surface area (Å²) in [5.74, 6) is -0.883. The predicted octanol–water partition coefficient (Wildman–Crippen LogP) is 0.160. The van der Waals surface area contributed by atoms with Crippen LogP contribution in [0.3, 0.4) is 0 Å². The van der Waals surface area contributed by atoms with Crippen LogP contribution in [-0.4, -0.2) is 36.4 Å². The van der Waals surface area contributed by atoms with E-state index in [1.807, 2.05) is 6.92 Å². The van der Waals surface area contributed by atoms with Crippen LogP contribution in [0.1, 0.15) is 19.8 Å². The van der Waals surface area contributed by atoms with Crippen LogP contribution in [0.25, 0.3) is 0 Å². The van der Waals surface area contributed by atoms with Gasteiger partial charge in [0.1, 0.15) is 5.60 Å². The zero-order chi connectivity index (χ0) is 9.90. The highest BCUT2D eigenvalue weighted by molar-refractivity contribution is 5.77. The lowest BCUT2D eigenvalue weighted by Gasteiger charge is -2.08. The lowest BCUT2D eigenvalue weighted by atomic mass is 9.99. The molecule has 0 bridgehead atoms. The van der Waals surface area contributed by atoms with Gasteiger partial charge in [0, 0.05) is 13.5 Å². The van der Waals surface area contributed by atoms with Crippen molar-refractivity contribution in [3.8, 4) is 0 Å². The van der Waals surface area contributed by atoms with Crippen molar-refractivity contribution in [1.29, 1.82) is 0 Å². The zero-order valence-corrected chi connectivity index (χ0v) is 7.87. The molecule has 13 heavy (non-hydrogen) atoms. The standard InChI is InChI=1S/C8H15NO4/c1-3-8(4-5-12-9-2)6(13-8)7(10)11/h6,9H,3-5H2,1-2H3,(H,10,11). The number of carboxylic acid groups (broad SMARTS) is 1. The molecule has 1 heterocycles. The van der Waals surface area contributed by atoms with Gasteiger partial charge in [0.25, 0.3) is 0 Å². The summed E-state index contributed by atoms with van der Waals surface area (Å²) in [6.45, 7) is 2.39.